The molecule has 0 spiro atoms. The summed E-state index contributed by atoms with van der Waals surface area (Å²) in [6.45, 7) is 1.72. The number of halogens is 1. The molecule has 3 rings (SSSR count). The molecule has 0 fully saturated rings. The second kappa shape index (κ2) is 5.14. The van der Waals surface area contributed by atoms with Crippen molar-refractivity contribution in [3.05, 3.63) is 28.5 Å². The molecular weight excluding hydrogens is 338 g/mol. The number of esters is 1. The Balaban J connectivity index is 2.07. The number of hydrogen-bond acceptors (Lipinski definition) is 5. The number of fused-ring (bicyclic) bond motifs is 1. The number of methoxy groups -OCH3 is 1. The first-order valence-electron chi connectivity index (χ1n) is 6.42. The minimum Gasteiger partial charge on any atom is -0.467 e. The number of hydrogen-bond donors (Lipinski definition) is 0. The first kappa shape index (κ1) is 14.1. The van der Waals surface area contributed by atoms with E-state index in [-0.39, 0.29) is 0 Å². The molecule has 7 heteroatoms. The first-order valence-corrected chi connectivity index (χ1v) is 7.21. The van der Waals surface area contributed by atoms with Crippen LogP contribution in [-0.4, -0.2) is 34.6 Å². The summed E-state index contributed by atoms with van der Waals surface area (Å²) in [6.07, 6.45) is -0.561. The minimum absolute atomic E-state index is 0.426. The third kappa shape index (κ3) is 2.31. The number of benzene rings is 1. The van der Waals surface area contributed by atoms with Crippen molar-refractivity contribution in [1.82, 2.24) is 9.55 Å². The predicted molar refractivity (Wildman–Crippen MR) is 81.2 cm³/mol. The Morgan fingerprint density at radius 2 is 2.24 bits per heavy atom. The molecule has 1 aliphatic rings. The van der Waals surface area contributed by atoms with Crippen molar-refractivity contribution in [3.8, 4) is 0 Å². The van der Waals surface area contributed by atoms with Gasteiger partial charge in [0.2, 0.25) is 0 Å². The summed E-state index contributed by atoms with van der Waals surface area (Å²) >= 11 is 3.43. The molecule has 21 heavy (non-hydrogen) atoms. The second-order valence-electron chi connectivity index (χ2n) is 4.82. The number of nitrogens with zero attached hydrogens (tertiary/aromatic N) is 3. The summed E-state index contributed by atoms with van der Waals surface area (Å²) in [7, 11) is 3.23. The fourth-order valence-corrected chi connectivity index (χ4v) is 2.83. The Hall–Kier alpha value is -1.89. The molecule has 2 aromatic rings. The van der Waals surface area contributed by atoms with E-state index in [0.29, 0.717) is 11.7 Å². The van der Waals surface area contributed by atoms with Crippen molar-refractivity contribution >= 4 is 38.8 Å². The van der Waals surface area contributed by atoms with Crippen LogP contribution in [0.1, 0.15) is 18.9 Å². The lowest BCUT2D eigenvalue weighted by atomic mass is 10.1. The van der Waals surface area contributed by atoms with Crippen molar-refractivity contribution in [1.29, 1.82) is 0 Å². The number of carbonyl (C=O) groups is 1. The molecule has 0 saturated heterocycles. The van der Waals surface area contributed by atoms with Gasteiger partial charge in [-0.1, -0.05) is 15.9 Å². The number of aliphatic imine (C=N–C) groups is 1. The lowest BCUT2D eigenvalue weighted by molar-refractivity contribution is -0.143. The van der Waals surface area contributed by atoms with Gasteiger partial charge in [0.15, 0.2) is 23.9 Å². The lowest BCUT2D eigenvalue weighted by Gasteiger charge is -2.15. The van der Waals surface area contributed by atoms with Gasteiger partial charge in [-0.3, -0.25) is 0 Å². The fourth-order valence-electron chi connectivity index (χ4n) is 2.48. The van der Waals surface area contributed by atoms with E-state index in [4.69, 9.17) is 9.47 Å². The van der Waals surface area contributed by atoms with Crippen LogP contribution in [0.2, 0.25) is 0 Å². The standard InChI is InChI=1S/C14H14BrN3O3/c1-7-16-11(14(19)20-3)12(21-7)13-17-9-6-8(15)4-5-10(9)18(13)2/h4-6,11-12H,1-3H3. The molecule has 1 aromatic heterocycles. The molecular formula is C14H14BrN3O3. The van der Waals surface area contributed by atoms with Gasteiger partial charge in [-0.2, -0.15) is 0 Å². The minimum atomic E-state index is -0.714. The van der Waals surface area contributed by atoms with Gasteiger partial charge in [-0.25, -0.2) is 14.8 Å². The zero-order valence-electron chi connectivity index (χ0n) is 11.8. The number of aryl methyl sites for hydroxylation is 1. The van der Waals surface area contributed by atoms with Gasteiger partial charge in [-0.15, -0.1) is 0 Å². The largest absolute Gasteiger partial charge is 0.467 e. The van der Waals surface area contributed by atoms with Crippen LogP contribution in [0.5, 0.6) is 0 Å². The lowest BCUT2D eigenvalue weighted by Crippen LogP contribution is -2.27. The van der Waals surface area contributed by atoms with E-state index in [1.807, 2.05) is 29.8 Å². The van der Waals surface area contributed by atoms with Gasteiger partial charge in [-0.05, 0) is 18.2 Å². The van der Waals surface area contributed by atoms with Crippen LogP contribution in [0.4, 0.5) is 0 Å². The molecule has 0 aliphatic carbocycles. The van der Waals surface area contributed by atoms with Crippen molar-refractivity contribution in [3.63, 3.8) is 0 Å². The molecule has 0 radical (unpaired) electrons. The Labute approximate surface area is 129 Å². The zero-order chi connectivity index (χ0) is 15.1. The molecule has 1 aliphatic heterocycles. The highest BCUT2D eigenvalue weighted by atomic mass is 79.9. The van der Waals surface area contributed by atoms with Gasteiger partial charge in [0.1, 0.15) is 0 Å². The quantitative estimate of drug-likeness (QED) is 0.779. The van der Waals surface area contributed by atoms with E-state index >= 15 is 0 Å². The average Bonchev–Trinajstić information content (AvgIpc) is 2.98. The van der Waals surface area contributed by atoms with E-state index in [0.717, 1.165) is 15.5 Å². The number of aromatic nitrogens is 2. The van der Waals surface area contributed by atoms with Crippen LogP contribution < -0.4 is 0 Å². The summed E-state index contributed by atoms with van der Waals surface area (Å²) in [5, 5.41) is 0. The highest BCUT2D eigenvalue weighted by Crippen LogP contribution is 2.31. The van der Waals surface area contributed by atoms with E-state index in [2.05, 4.69) is 25.9 Å². The maximum atomic E-state index is 11.9. The van der Waals surface area contributed by atoms with Crippen molar-refractivity contribution in [2.24, 2.45) is 12.0 Å². The summed E-state index contributed by atoms with van der Waals surface area (Å²) in [5.41, 5.74) is 1.80. The summed E-state index contributed by atoms with van der Waals surface area (Å²) in [6, 6.07) is 5.12. The molecule has 0 bridgehead atoms. The molecule has 110 valence electrons. The third-order valence-electron chi connectivity index (χ3n) is 3.48. The molecule has 2 atom stereocenters. The third-order valence-corrected chi connectivity index (χ3v) is 3.97. The monoisotopic (exact) mass is 351 g/mol. The maximum absolute atomic E-state index is 11.9. The molecule has 6 nitrogen and oxygen atoms in total. The van der Waals surface area contributed by atoms with E-state index in [1.165, 1.54) is 7.11 Å². The molecule has 1 aromatic carbocycles. The van der Waals surface area contributed by atoms with Gasteiger partial charge >= 0.3 is 5.97 Å². The highest BCUT2D eigenvalue weighted by Gasteiger charge is 2.40. The number of carbonyl (C=O) groups excluding carboxylic acids is 1. The Morgan fingerprint density at radius 3 is 2.95 bits per heavy atom. The maximum Gasteiger partial charge on any atom is 0.335 e. The molecule has 0 N–H and O–H groups in total. The van der Waals surface area contributed by atoms with Crippen LogP contribution in [0, 0.1) is 0 Å². The van der Waals surface area contributed by atoms with E-state index in [9.17, 15) is 4.79 Å². The molecule has 0 saturated carbocycles. The van der Waals surface area contributed by atoms with Gasteiger partial charge < -0.3 is 14.0 Å². The number of rotatable bonds is 2. The van der Waals surface area contributed by atoms with Gasteiger partial charge in [0.05, 0.1) is 18.1 Å². The average molecular weight is 352 g/mol. The van der Waals surface area contributed by atoms with Crippen LogP contribution in [0.25, 0.3) is 11.0 Å². The second-order valence-corrected chi connectivity index (χ2v) is 5.73. The smallest absolute Gasteiger partial charge is 0.335 e. The Kier molecular flexibility index (Phi) is 3.44. The summed E-state index contributed by atoms with van der Waals surface area (Å²) in [5.74, 6) is 0.688. The van der Waals surface area contributed by atoms with Crippen LogP contribution in [0.3, 0.4) is 0 Å². The number of imidazole rings is 1. The Bertz CT molecular complexity index is 753. The Morgan fingerprint density at radius 1 is 1.48 bits per heavy atom. The van der Waals surface area contributed by atoms with Crippen LogP contribution >= 0.6 is 15.9 Å². The van der Waals surface area contributed by atoms with Crippen molar-refractivity contribution in [2.45, 2.75) is 19.1 Å². The van der Waals surface area contributed by atoms with Crippen LogP contribution in [0.15, 0.2) is 27.7 Å². The van der Waals surface area contributed by atoms with Crippen LogP contribution in [-0.2, 0) is 21.3 Å². The van der Waals surface area contributed by atoms with E-state index in [1.54, 1.807) is 6.92 Å². The molecule has 2 heterocycles. The SMILES string of the molecule is COC(=O)C1N=C(C)OC1c1nc2cc(Br)ccc2n1C. The molecule has 2 unspecified atom stereocenters. The molecule has 0 amide bonds. The fraction of sp³-hybridized carbons (Fsp3) is 0.357. The zero-order valence-corrected chi connectivity index (χ0v) is 13.4. The van der Waals surface area contributed by atoms with Crippen molar-refractivity contribution in [2.75, 3.05) is 7.11 Å². The predicted octanol–water partition coefficient (Wildman–Crippen LogP) is 2.37. The topological polar surface area (TPSA) is 65.7 Å². The van der Waals surface area contributed by atoms with Gasteiger partial charge in [0, 0.05) is 18.4 Å². The highest BCUT2D eigenvalue weighted by molar-refractivity contribution is 9.10. The summed E-state index contributed by atoms with van der Waals surface area (Å²) in [4.78, 5) is 20.7. The van der Waals surface area contributed by atoms with E-state index < -0.39 is 18.1 Å². The van der Waals surface area contributed by atoms with Crippen molar-refractivity contribution < 1.29 is 14.3 Å². The normalized spacial score (nSPS) is 21.2. The number of ether oxygens (including phenoxy) is 2. The summed E-state index contributed by atoms with van der Waals surface area (Å²) < 4.78 is 13.3. The van der Waals surface area contributed by atoms with Gasteiger partial charge in [0.25, 0.3) is 0 Å². The first-order chi connectivity index (χ1) is 10.0.